The molecule has 3 rings (SSSR count). The molecule has 2 amide bonds. The Hall–Kier alpha value is -2.44. The van der Waals surface area contributed by atoms with Crippen LogP contribution in [0.3, 0.4) is 0 Å². The molecule has 128 valence electrons. The summed E-state index contributed by atoms with van der Waals surface area (Å²) >= 11 is 7.44. The van der Waals surface area contributed by atoms with Crippen molar-refractivity contribution in [1.29, 1.82) is 0 Å². The summed E-state index contributed by atoms with van der Waals surface area (Å²) in [5.41, 5.74) is 2.01. The van der Waals surface area contributed by atoms with Gasteiger partial charge < -0.3 is 10.6 Å². The van der Waals surface area contributed by atoms with E-state index in [0.717, 1.165) is 15.8 Å². The molecule has 5 nitrogen and oxygen atoms in total. The van der Waals surface area contributed by atoms with Gasteiger partial charge in [0.25, 0.3) is 5.91 Å². The molecule has 0 atom stereocenters. The number of thiophene rings is 1. The first-order valence-corrected chi connectivity index (χ1v) is 8.92. The number of halogens is 1. The zero-order chi connectivity index (χ0) is 17.8. The Morgan fingerprint density at radius 1 is 1.12 bits per heavy atom. The van der Waals surface area contributed by atoms with Crippen LogP contribution in [-0.2, 0) is 4.79 Å². The van der Waals surface area contributed by atoms with Crippen LogP contribution in [0.15, 0.2) is 42.5 Å². The van der Waals surface area contributed by atoms with Crippen molar-refractivity contribution in [2.75, 3.05) is 13.1 Å². The number of hydrogen-bond donors (Lipinski definition) is 2. The van der Waals surface area contributed by atoms with Gasteiger partial charge in [0.1, 0.15) is 0 Å². The highest BCUT2D eigenvalue weighted by atomic mass is 35.5. The first-order valence-electron chi connectivity index (χ1n) is 7.73. The Morgan fingerprint density at radius 2 is 1.88 bits per heavy atom. The maximum atomic E-state index is 12.6. The molecular formula is C18H16ClN3O2S. The van der Waals surface area contributed by atoms with E-state index < -0.39 is 0 Å². The fraction of sp³-hybridized carbons (Fsp3) is 0.167. The molecule has 0 fully saturated rings. The standard InChI is InChI=1S/C18H16ClN3O2S/c1-11(23)20-8-9-21-18(24)13-10-15(16-6-7-17(19)25-16)22-14-5-3-2-4-12(13)14/h2-7,10H,8-9H2,1H3,(H,20,23)(H,21,24). The molecule has 2 aromatic heterocycles. The van der Waals surface area contributed by atoms with E-state index in [1.165, 1.54) is 18.3 Å². The van der Waals surface area contributed by atoms with Gasteiger partial charge in [-0.2, -0.15) is 0 Å². The van der Waals surface area contributed by atoms with Gasteiger partial charge in [-0.25, -0.2) is 4.98 Å². The third kappa shape index (κ3) is 4.15. The molecule has 0 aliphatic rings. The number of benzene rings is 1. The van der Waals surface area contributed by atoms with Gasteiger partial charge in [0.15, 0.2) is 0 Å². The smallest absolute Gasteiger partial charge is 0.252 e. The fourth-order valence-electron chi connectivity index (χ4n) is 2.45. The van der Waals surface area contributed by atoms with Crippen molar-refractivity contribution < 1.29 is 9.59 Å². The van der Waals surface area contributed by atoms with E-state index in [0.29, 0.717) is 28.7 Å². The number of amides is 2. The first kappa shape index (κ1) is 17.4. The molecule has 1 aromatic carbocycles. The number of rotatable bonds is 5. The van der Waals surface area contributed by atoms with Gasteiger partial charge in [-0.1, -0.05) is 29.8 Å². The average Bonchev–Trinajstić information content (AvgIpc) is 3.04. The Morgan fingerprint density at radius 3 is 2.60 bits per heavy atom. The summed E-state index contributed by atoms with van der Waals surface area (Å²) in [4.78, 5) is 29.1. The van der Waals surface area contributed by atoms with Crippen LogP contribution in [0.25, 0.3) is 21.5 Å². The second-order valence-corrected chi connectivity index (χ2v) is 7.13. The van der Waals surface area contributed by atoms with Crippen LogP contribution in [0.2, 0.25) is 4.34 Å². The highest BCUT2D eigenvalue weighted by Crippen LogP contribution is 2.32. The van der Waals surface area contributed by atoms with Crippen LogP contribution < -0.4 is 10.6 Å². The van der Waals surface area contributed by atoms with Gasteiger partial charge in [0, 0.05) is 25.4 Å². The zero-order valence-electron chi connectivity index (χ0n) is 13.5. The van der Waals surface area contributed by atoms with E-state index in [1.54, 1.807) is 6.07 Å². The summed E-state index contributed by atoms with van der Waals surface area (Å²) < 4.78 is 0.672. The largest absolute Gasteiger partial charge is 0.355 e. The molecule has 0 radical (unpaired) electrons. The van der Waals surface area contributed by atoms with Crippen LogP contribution in [0, 0.1) is 0 Å². The Kier molecular flexibility index (Phi) is 5.31. The molecule has 3 aromatic rings. The van der Waals surface area contributed by atoms with Gasteiger partial charge in [-0.05, 0) is 24.3 Å². The number of pyridine rings is 1. The van der Waals surface area contributed by atoms with Crippen LogP contribution in [0.4, 0.5) is 0 Å². The topological polar surface area (TPSA) is 71.1 Å². The predicted octanol–water partition coefficient (Wildman–Crippen LogP) is 3.48. The number of carbonyl (C=O) groups excluding carboxylic acids is 2. The Bertz CT molecular complexity index is 939. The number of nitrogens with one attached hydrogen (secondary N) is 2. The number of aromatic nitrogens is 1. The van der Waals surface area contributed by atoms with Crippen LogP contribution in [-0.4, -0.2) is 29.9 Å². The van der Waals surface area contributed by atoms with E-state index in [2.05, 4.69) is 15.6 Å². The van der Waals surface area contributed by atoms with Gasteiger partial charge in [0.05, 0.1) is 26.0 Å². The maximum Gasteiger partial charge on any atom is 0.252 e. The third-order valence-corrected chi connectivity index (χ3v) is 4.82. The van der Waals surface area contributed by atoms with Gasteiger partial charge >= 0.3 is 0 Å². The minimum Gasteiger partial charge on any atom is -0.355 e. The summed E-state index contributed by atoms with van der Waals surface area (Å²) in [5, 5.41) is 6.26. The predicted molar refractivity (Wildman–Crippen MR) is 101 cm³/mol. The van der Waals surface area contributed by atoms with Gasteiger partial charge in [0.2, 0.25) is 5.91 Å². The summed E-state index contributed by atoms with van der Waals surface area (Å²) in [6.07, 6.45) is 0. The molecule has 0 bridgehead atoms. The number of hydrogen-bond acceptors (Lipinski definition) is 4. The molecule has 0 aliphatic carbocycles. The second-order valence-electron chi connectivity index (χ2n) is 5.41. The monoisotopic (exact) mass is 373 g/mol. The Balaban J connectivity index is 1.92. The van der Waals surface area contributed by atoms with Crippen molar-refractivity contribution in [3.63, 3.8) is 0 Å². The molecule has 25 heavy (non-hydrogen) atoms. The Labute approximate surface area is 154 Å². The van der Waals surface area contributed by atoms with E-state index in [-0.39, 0.29) is 11.8 Å². The zero-order valence-corrected chi connectivity index (χ0v) is 15.1. The number of carbonyl (C=O) groups is 2. The van der Waals surface area contributed by atoms with Crippen molar-refractivity contribution in [2.24, 2.45) is 0 Å². The van der Waals surface area contributed by atoms with E-state index >= 15 is 0 Å². The minimum absolute atomic E-state index is 0.125. The normalized spacial score (nSPS) is 10.6. The summed E-state index contributed by atoms with van der Waals surface area (Å²) in [6, 6.07) is 13.0. The minimum atomic E-state index is -0.201. The average molecular weight is 374 g/mol. The number of para-hydroxylation sites is 1. The molecule has 0 saturated carbocycles. The lowest BCUT2D eigenvalue weighted by Crippen LogP contribution is -2.33. The number of fused-ring (bicyclic) bond motifs is 1. The second kappa shape index (κ2) is 7.63. The highest BCUT2D eigenvalue weighted by Gasteiger charge is 2.14. The SMILES string of the molecule is CC(=O)NCCNC(=O)c1cc(-c2ccc(Cl)s2)nc2ccccc12. The van der Waals surface area contributed by atoms with E-state index in [4.69, 9.17) is 11.6 Å². The molecule has 0 aliphatic heterocycles. The third-order valence-electron chi connectivity index (χ3n) is 3.57. The lowest BCUT2D eigenvalue weighted by molar-refractivity contribution is -0.118. The van der Waals surface area contributed by atoms with E-state index in [9.17, 15) is 9.59 Å². The summed E-state index contributed by atoms with van der Waals surface area (Å²) in [6.45, 7) is 2.18. The quantitative estimate of drug-likeness (QED) is 0.672. The highest BCUT2D eigenvalue weighted by molar-refractivity contribution is 7.19. The molecular weight excluding hydrogens is 358 g/mol. The fourth-order valence-corrected chi connectivity index (χ4v) is 3.45. The van der Waals surface area contributed by atoms with Crippen molar-refractivity contribution in [3.05, 3.63) is 52.4 Å². The summed E-state index contributed by atoms with van der Waals surface area (Å²) in [5.74, 6) is -0.326. The van der Waals surface area contributed by atoms with Crippen molar-refractivity contribution in [2.45, 2.75) is 6.92 Å². The van der Waals surface area contributed by atoms with Crippen LogP contribution in [0.5, 0.6) is 0 Å². The van der Waals surface area contributed by atoms with Crippen molar-refractivity contribution in [3.8, 4) is 10.6 Å². The van der Waals surface area contributed by atoms with Crippen LogP contribution in [0.1, 0.15) is 17.3 Å². The van der Waals surface area contributed by atoms with Crippen molar-refractivity contribution >= 4 is 45.7 Å². The lowest BCUT2D eigenvalue weighted by atomic mass is 10.1. The molecule has 0 spiro atoms. The first-order chi connectivity index (χ1) is 12.0. The molecule has 2 heterocycles. The van der Waals surface area contributed by atoms with Crippen molar-refractivity contribution in [1.82, 2.24) is 15.6 Å². The van der Waals surface area contributed by atoms with Gasteiger partial charge in [-0.15, -0.1) is 11.3 Å². The summed E-state index contributed by atoms with van der Waals surface area (Å²) in [7, 11) is 0. The van der Waals surface area contributed by atoms with E-state index in [1.807, 2.05) is 36.4 Å². The molecule has 0 saturated heterocycles. The lowest BCUT2D eigenvalue weighted by Gasteiger charge is -2.10. The molecule has 7 heteroatoms. The molecule has 0 unspecified atom stereocenters. The number of nitrogens with zero attached hydrogens (tertiary/aromatic N) is 1. The van der Waals surface area contributed by atoms with Gasteiger partial charge in [-0.3, -0.25) is 9.59 Å². The molecule has 2 N–H and O–H groups in total. The van der Waals surface area contributed by atoms with Crippen LogP contribution >= 0.6 is 22.9 Å². The maximum absolute atomic E-state index is 12.6.